The van der Waals surface area contributed by atoms with Gasteiger partial charge in [-0.2, -0.15) is 0 Å². The van der Waals surface area contributed by atoms with Gasteiger partial charge in [0.05, 0.1) is 0 Å². The van der Waals surface area contributed by atoms with Crippen LogP contribution in [-0.2, 0) is 4.79 Å². The first kappa shape index (κ1) is 21.0. The summed E-state index contributed by atoms with van der Waals surface area (Å²) in [4.78, 5) is 13.9. The first-order chi connectivity index (χ1) is 14.1. The van der Waals surface area contributed by atoms with Crippen molar-refractivity contribution in [2.24, 2.45) is 0 Å². The Morgan fingerprint density at radius 2 is 1.69 bits per heavy atom. The molecule has 2 unspecified atom stereocenters. The first-order valence-electron chi connectivity index (χ1n) is 9.54. The Kier molecular flexibility index (Phi) is 7.73. The van der Waals surface area contributed by atoms with Crippen LogP contribution in [0.4, 0.5) is 0 Å². The number of thioether (sulfide) groups is 1. The van der Waals surface area contributed by atoms with Crippen LogP contribution in [0.3, 0.4) is 0 Å². The van der Waals surface area contributed by atoms with Crippen molar-refractivity contribution in [3.63, 3.8) is 0 Å². The molecule has 0 spiro atoms. The number of nitrogens with one attached hydrogen (secondary N) is 1. The Bertz CT molecular complexity index is 902. The van der Waals surface area contributed by atoms with E-state index >= 15 is 0 Å². The number of rotatable bonds is 9. The van der Waals surface area contributed by atoms with Gasteiger partial charge in [-0.15, -0.1) is 11.8 Å². The molecule has 0 saturated heterocycles. The normalized spacial score (nSPS) is 12.8. The Morgan fingerprint density at radius 3 is 2.38 bits per heavy atom. The van der Waals surface area contributed by atoms with Crippen molar-refractivity contribution < 1.29 is 14.6 Å². The molecule has 0 fully saturated rings. The highest BCUT2D eigenvalue weighted by Crippen LogP contribution is 2.35. The van der Waals surface area contributed by atoms with E-state index in [4.69, 9.17) is 4.74 Å². The molecule has 0 saturated carbocycles. The molecular weight excluding hydrogens is 382 g/mol. The summed E-state index contributed by atoms with van der Waals surface area (Å²) in [5, 5.41) is 12.7. The number of amides is 1. The van der Waals surface area contributed by atoms with Gasteiger partial charge >= 0.3 is 0 Å². The van der Waals surface area contributed by atoms with Gasteiger partial charge in [-0.3, -0.25) is 4.79 Å². The fraction of sp³-hybridized carbons (Fsp3) is 0.208. The lowest BCUT2D eigenvalue weighted by molar-refractivity contribution is -0.121. The summed E-state index contributed by atoms with van der Waals surface area (Å²) < 4.78 is 5.62. The third-order valence-electron chi connectivity index (χ3n) is 4.28. The summed E-state index contributed by atoms with van der Waals surface area (Å²) in [6.07, 6.45) is -0.794. The average Bonchev–Trinajstić information content (AvgIpc) is 2.76. The van der Waals surface area contributed by atoms with E-state index in [0.717, 1.165) is 16.0 Å². The highest BCUT2D eigenvalue weighted by molar-refractivity contribution is 8.00. The van der Waals surface area contributed by atoms with E-state index < -0.39 is 11.4 Å². The molecule has 0 radical (unpaired) electrons. The molecule has 3 aromatic rings. The van der Waals surface area contributed by atoms with Gasteiger partial charge in [0.25, 0.3) is 0 Å². The minimum Gasteiger partial charge on any atom is -0.491 e. The fourth-order valence-corrected chi connectivity index (χ4v) is 3.87. The second-order valence-electron chi connectivity index (χ2n) is 6.75. The molecule has 2 atom stereocenters. The zero-order chi connectivity index (χ0) is 20.5. The van der Waals surface area contributed by atoms with Crippen molar-refractivity contribution in [2.75, 3.05) is 13.2 Å². The number of hydrogen-bond donors (Lipinski definition) is 2. The van der Waals surface area contributed by atoms with Crippen LogP contribution in [0.1, 0.15) is 16.4 Å². The Balaban J connectivity index is 1.57. The number of benzene rings is 3. The molecule has 5 heteroatoms. The van der Waals surface area contributed by atoms with Gasteiger partial charge in [0.1, 0.15) is 23.7 Å². The summed E-state index contributed by atoms with van der Waals surface area (Å²) in [7, 11) is 0. The number of carbonyl (C=O) groups excluding carboxylic acids is 1. The van der Waals surface area contributed by atoms with Crippen LogP contribution in [0.5, 0.6) is 5.75 Å². The number of ether oxygens (including phenoxy) is 1. The quantitative estimate of drug-likeness (QED) is 0.517. The highest BCUT2D eigenvalue weighted by Gasteiger charge is 2.22. The molecule has 29 heavy (non-hydrogen) atoms. The summed E-state index contributed by atoms with van der Waals surface area (Å²) in [5.74, 6) is 0.567. The zero-order valence-electron chi connectivity index (χ0n) is 16.3. The third-order valence-corrected chi connectivity index (χ3v) is 5.55. The number of carbonyl (C=O) groups is 1. The van der Waals surface area contributed by atoms with Crippen molar-refractivity contribution in [1.29, 1.82) is 0 Å². The van der Waals surface area contributed by atoms with Crippen LogP contribution in [0.15, 0.2) is 89.8 Å². The van der Waals surface area contributed by atoms with E-state index in [9.17, 15) is 9.90 Å². The topological polar surface area (TPSA) is 58.6 Å². The van der Waals surface area contributed by atoms with E-state index in [1.165, 1.54) is 11.8 Å². The fourth-order valence-electron chi connectivity index (χ4n) is 2.80. The van der Waals surface area contributed by atoms with Gasteiger partial charge in [-0.1, -0.05) is 60.7 Å². The second-order valence-corrected chi connectivity index (χ2v) is 7.93. The smallest absolute Gasteiger partial charge is 0.238 e. The third kappa shape index (κ3) is 6.66. The molecule has 150 valence electrons. The zero-order valence-corrected chi connectivity index (χ0v) is 17.1. The number of hydrogen-bond acceptors (Lipinski definition) is 4. The molecule has 2 N–H and O–H groups in total. The minimum atomic E-state index is -0.794. The molecule has 1 amide bonds. The lowest BCUT2D eigenvalue weighted by atomic mass is 10.1. The van der Waals surface area contributed by atoms with E-state index in [1.54, 1.807) is 0 Å². The molecule has 4 nitrogen and oxygen atoms in total. The van der Waals surface area contributed by atoms with Crippen LogP contribution in [0.25, 0.3) is 0 Å². The maximum Gasteiger partial charge on any atom is 0.238 e. The number of aryl methyl sites for hydroxylation is 1. The molecule has 3 aromatic carbocycles. The Hall–Kier alpha value is -2.76. The largest absolute Gasteiger partial charge is 0.491 e. The maximum absolute atomic E-state index is 12.9. The molecule has 3 rings (SSSR count). The van der Waals surface area contributed by atoms with Crippen molar-refractivity contribution in [2.45, 2.75) is 23.2 Å². The second kappa shape index (κ2) is 10.7. The SMILES string of the molecule is Cc1cccc(OCC(O)CNC(=O)C(Sc2ccccc2)c2ccccc2)c1. The molecule has 0 heterocycles. The summed E-state index contributed by atoms with van der Waals surface area (Å²) in [5.41, 5.74) is 2.01. The van der Waals surface area contributed by atoms with Crippen molar-refractivity contribution in [1.82, 2.24) is 5.32 Å². The molecule has 0 aliphatic heterocycles. The molecule has 0 bridgehead atoms. The van der Waals surface area contributed by atoms with E-state index in [-0.39, 0.29) is 19.1 Å². The lowest BCUT2D eigenvalue weighted by Crippen LogP contribution is -2.37. The van der Waals surface area contributed by atoms with Crippen molar-refractivity contribution in [3.05, 3.63) is 96.1 Å². The number of aliphatic hydroxyl groups is 1. The van der Waals surface area contributed by atoms with Gasteiger partial charge in [0.2, 0.25) is 5.91 Å². The standard InChI is InChI=1S/C24H25NO3S/c1-18-9-8-12-21(15-18)28-17-20(26)16-25-24(27)23(19-10-4-2-5-11-19)29-22-13-6-3-7-14-22/h2-15,20,23,26H,16-17H2,1H3,(H,25,27). The van der Waals surface area contributed by atoms with E-state index in [0.29, 0.717) is 5.75 Å². The van der Waals surface area contributed by atoms with Crippen LogP contribution in [-0.4, -0.2) is 30.3 Å². The highest BCUT2D eigenvalue weighted by atomic mass is 32.2. The van der Waals surface area contributed by atoms with E-state index in [1.807, 2.05) is 91.9 Å². The van der Waals surface area contributed by atoms with Gasteiger partial charge in [-0.25, -0.2) is 0 Å². The van der Waals surface area contributed by atoms with Crippen molar-refractivity contribution >= 4 is 17.7 Å². The van der Waals surface area contributed by atoms with Gasteiger partial charge in [0, 0.05) is 11.4 Å². The predicted molar refractivity (Wildman–Crippen MR) is 117 cm³/mol. The predicted octanol–water partition coefficient (Wildman–Crippen LogP) is 4.38. The molecule has 0 aromatic heterocycles. The van der Waals surface area contributed by atoms with Gasteiger partial charge < -0.3 is 15.2 Å². The van der Waals surface area contributed by atoms with Crippen LogP contribution < -0.4 is 10.1 Å². The summed E-state index contributed by atoms with van der Waals surface area (Å²) in [6, 6.07) is 27.1. The van der Waals surface area contributed by atoms with E-state index in [2.05, 4.69) is 5.32 Å². The average molecular weight is 408 g/mol. The maximum atomic E-state index is 12.9. The summed E-state index contributed by atoms with van der Waals surface area (Å²) >= 11 is 1.49. The van der Waals surface area contributed by atoms with Gasteiger partial charge in [0.15, 0.2) is 0 Å². The minimum absolute atomic E-state index is 0.117. The monoisotopic (exact) mass is 407 g/mol. The molecule has 0 aliphatic rings. The Morgan fingerprint density at radius 1 is 1.00 bits per heavy atom. The molecular formula is C24H25NO3S. The lowest BCUT2D eigenvalue weighted by Gasteiger charge is -2.19. The summed E-state index contributed by atoms with van der Waals surface area (Å²) in [6.45, 7) is 2.23. The van der Waals surface area contributed by atoms with Crippen LogP contribution in [0, 0.1) is 6.92 Å². The van der Waals surface area contributed by atoms with Crippen LogP contribution >= 0.6 is 11.8 Å². The Labute approximate surface area is 175 Å². The van der Waals surface area contributed by atoms with Crippen LogP contribution in [0.2, 0.25) is 0 Å². The number of aliphatic hydroxyl groups excluding tert-OH is 1. The molecule has 0 aliphatic carbocycles. The first-order valence-corrected chi connectivity index (χ1v) is 10.4. The van der Waals surface area contributed by atoms with Crippen molar-refractivity contribution in [3.8, 4) is 5.75 Å². The van der Waals surface area contributed by atoms with Gasteiger partial charge in [-0.05, 0) is 42.3 Å².